The van der Waals surface area contributed by atoms with Crippen LogP contribution >= 0.6 is 11.6 Å². The summed E-state index contributed by atoms with van der Waals surface area (Å²) in [4.78, 5) is 27.7. The largest absolute Gasteiger partial charge is 0.478 e. The van der Waals surface area contributed by atoms with Gasteiger partial charge >= 0.3 is 5.97 Å². The number of hydrogen-bond acceptors (Lipinski definition) is 4. The zero-order valence-electron chi connectivity index (χ0n) is 13.4. The van der Waals surface area contributed by atoms with Crippen LogP contribution in [0.5, 0.6) is 0 Å². The molecule has 0 saturated carbocycles. The predicted molar refractivity (Wildman–Crippen MR) is 98.0 cm³/mol. The summed E-state index contributed by atoms with van der Waals surface area (Å²) in [7, 11) is 0. The first-order valence-corrected chi connectivity index (χ1v) is 7.96. The second-order valence-electron chi connectivity index (χ2n) is 5.49. The van der Waals surface area contributed by atoms with Crippen molar-refractivity contribution in [3.63, 3.8) is 0 Å². The Morgan fingerprint density at radius 2 is 2.00 bits per heavy atom. The number of carbonyl (C=O) groups excluding carboxylic acids is 1. The van der Waals surface area contributed by atoms with Crippen molar-refractivity contribution in [3.05, 3.63) is 59.1 Å². The molecule has 7 heteroatoms. The number of nitrogens with zero attached hydrogens (tertiary/aromatic N) is 2. The zero-order chi connectivity index (χ0) is 18.7. The summed E-state index contributed by atoms with van der Waals surface area (Å²) in [6, 6.07) is 14.9. The molecule has 6 nitrogen and oxygen atoms in total. The maximum Gasteiger partial charge on any atom is 0.336 e. The van der Waals surface area contributed by atoms with Crippen LogP contribution in [0.15, 0.2) is 48.5 Å². The highest BCUT2D eigenvalue weighted by Crippen LogP contribution is 2.28. The van der Waals surface area contributed by atoms with E-state index in [1.165, 1.54) is 6.07 Å². The average Bonchev–Trinajstić information content (AvgIpc) is 2.61. The lowest BCUT2D eigenvalue weighted by atomic mass is 10.0. The Kier molecular flexibility index (Phi) is 4.83. The molecule has 0 radical (unpaired) electrons. The average molecular weight is 366 g/mol. The van der Waals surface area contributed by atoms with E-state index in [-0.39, 0.29) is 12.0 Å². The maximum atomic E-state index is 11.6. The fraction of sp³-hybridized carbons (Fsp3) is 0.0526. The third-order valence-electron chi connectivity index (χ3n) is 3.68. The van der Waals surface area contributed by atoms with Crippen molar-refractivity contribution >= 4 is 40.1 Å². The summed E-state index contributed by atoms with van der Waals surface area (Å²) in [5.41, 5.74) is 2.18. The monoisotopic (exact) mass is 365 g/mol. The van der Waals surface area contributed by atoms with E-state index in [1.54, 1.807) is 48.5 Å². The number of anilines is 1. The lowest BCUT2D eigenvalue weighted by Gasteiger charge is -2.09. The van der Waals surface area contributed by atoms with E-state index in [1.807, 2.05) is 0 Å². The van der Waals surface area contributed by atoms with E-state index in [4.69, 9.17) is 16.9 Å². The number of nitrogens with one attached hydrogen (secondary N) is 1. The number of pyridine rings is 1. The lowest BCUT2D eigenvalue weighted by Crippen LogP contribution is -2.10. The summed E-state index contributed by atoms with van der Waals surface area (Å²) in [6.45, 7) is 0. The van der Waals surface area contributed by atoms with Gasteiger partial charge in [-0.05, 0) is 36.4 Å². The van der Waals surface area contributed by atoms with Crippen molar-refractivity contribution in [1.29, 1.82) is 5.26 Å². The number of carboxylic acids is 1. The molecule has 1 aromatic heterocycles. The fourth-order valence-electron chi connectivity index (χ4n) is 2.56. The number of fused-ring (bicyclic) bond motifs is 1. The van der Waals surface area contributed by atoms with Crippen LogP contribution in [0.2, 0.25) is 5.02 Å². The van der Waals surface area contributed by atoms with Crippen LogP contribution in [-0.2, 0) is 4.79 Å². The Morgan fingerprint density at radius 1 is 1.19 bits per heavy atom. The Balaban J connectivity index is 2.08. The van der Waals surface area contributed by atoms with E-state index in [2.05, 4.69) is 10.3 Å². The number of carbonyl (C=O) groups is 2. The van der Waals surface area contributed by atoms with Crippen LogP contribution in [-0.4, -0.2) is 22.0 Å². The highest BCUT2D eigenvalue weighted by Gasteiger charge is 2.14. The molecule has 0 saturated heterocycles. The van der Waals surface area contributed by atoms with Crippen LogP contribution in [0.1, 0.15) is 16.8 Å². The van der Waals surface area contributed by atoms with Gasteiger partial charge in [0.05, 0.1) is 22.8 Å². The van der Waals surface area contributed by atoms with E-state index in [0.717, 1.165) is 0 Å². The molecule has 0 unspecified atom stereocenters. The van der Waals surface area contributed by atoms with Crippen LogP contribution in [0.3, 0.4) is 0 Å². The molecule has 26 heavy (non-hydrogen) atoms. The van der Waals surface area contributed by atoms with Crippen LogP contribution in [0, 0.1) is 11.3 Å². The molecule has 0 aliphatic heterocycles. The molecule has 3 aromatic rings. The van der Waals surface area contributed by atoms with Gasteiger partial charge in [0.25, 0.3) is 0 Å². The number of aromatic carboxylic acids is 1. The molecule has 0 atom stereocenters. The van der Waals surface area contributed by atoms with Crippen molar-refractivity contribution in [2.45, 2.75) is 6.42 Å². The summed E-state index contributed by atoms with van der Waals surface area (Å²) < 4.78 is 0. The summed E-state index contributed by atoms with van der Waals surface area (Å²) in [6.07, 6.45) is -0.248. The van der Waals surface area contributed by atoms with Gasteiger partial charge in [0, 0.05) is 21.7 Å². The SMILES string of the molecule is N#CCC(=O)Nc1cccc(-c2cc(C(=O)O)c3cc(Cl)ccc3n2)c1. The Labute approximate surface area is 153 Å². The van der Waals surface area contributed by atoms with Gasteiger partial charge in [-0.25, -0.2) is 9.78 Å². The highest BCUT2D eigenvalue weighted by molar-refractivity contribution is 6.31. The molecular weight excluding hydrogens is 354 g/mol. The van der Waals surface area contributed by atoms with Crippen molar-refractivity contribution in [1.82, 2.24) is 4.98 Å². The quantitative estimate of drug-likeness (QED) is 0.724. The third kappa shape index (κ3) is 3.63. The molecular formula is C19H12ClN3O3. The molecule has 1 amide bonds. The molecule has 3 rings (SSSR count). The van der Waals surface area contributed by atoms with E-state index < -0.39 is 11.9 Å². The van der Waals surface area contributed by atoms with Gasteiger partial charge in [-0.3, -0.25) is 4.79 Å². The Bertz CT molecular complexity index is 1070. The summed E-state index contributed by atoms with van der Waals surface area (Å²) in [5, 5.41) is 21.6. The first kappa shape index (κ1) is 17.4. The first-order valence-electron chi connectivity index (χ1n) is 7.59. The molecule has 128 valence electrons. The number of hydrogen-bond donors (Lipinski definition) is 2. The third-order valence-corrected chi connectivity index (χ3v) is 3.92. The molecule has 0 aliphatic rings. The Hall–Kier alpha value is -3.43. The number of rotatable bonds is 4. The zero-order valence-corrected chi connectivity index (χ0v) is 14.1. The second-order valence-corrected chi connectivity index (χ2v) is 5.92. The predicted octanol–water partition coefficient (Wildman–Crippen LogP) is 4.11. The fourth-order valence-corrected chi connectivity index (χ4v) is 2.73. The van der Waals surface area contributed by atoms with Crippen LogP contribution in [0.25, 0.3) is 22.2 Å². The van der Waals surface area contributed by atoms with E-state index >= 15 is 0 Å². The smallest absolute Gasteiger partial charge is 0.336 e. The highest BCUT2D eigenvalue weighted by atomic mass is 35.5. The minimum Gasteiger partial charge on any atom is -0.478 e. The topological polar surface area (TPSA) is 103 Å². The van der Waals surface area contributed by atoms with Crippen molar-refractivity contribution in [3.8, 4) is 17.3 Å². The number of amides is 1. The van der Waals surface area contributed by atoms with Crippen molar-refractivity contribution < 1.29 is 14.7 Å². The van der Waals surface area contributed by atoms with Crippen molar-refractivity contribution in [2.75, 3.05) is 5.32 Å². The molecule has 2 aromatic carbocycles. The summed E-state index contributed by atoms with van der Waals surface area (Å²) in [5.74, 6) is -1.50. The van der Waals surface area contributed by atoms with Gasteiger partial charge in [-0.1, -0.05) is 23.7 Å². The van der Waals surface area contributed by atoms with Gasteiger partial charge in [-0.15, -0.1) is 0 Å². The van der Waals surface area contributed by atoms with Crippen molar-refractivity contribution in [2.24, 2.45) is 0 Å². The number of benzene rings is 2. The maximum absolute atomic E-state index is 11.6. The molecule has 0 fully saturated rings. The lowest BCUT2D eigenvalue weighted by molar-refractivity contribution is -0.115. The first-order chi connectivity index (χ1) is 12.5. The minimum atomic E-state index is -1.08. The van der Waals surface area contributed by atoms with Gasteiger partial charge in [-0.2, -0.15) is 5.26 Å². The number of nitriles is 1. The number of aromatic nitrogens is 1. The number of halogens is 1. The molecule has 0 spiro atoms. The number of carboxylic acid groups (broad SMARTS) is 1. The van der Waals surface area contributed by atoms with Gasteiger partial charge in [0.1, 0.15) is 6.42 Å². The molecule has 1 heterocycles. The standard InChI is InChI=1S/C19H12ClN3O3/c20-12-4-5-16-14(9-12)15(19(25)26)10-17(23-16)11-2-1-3-13(8-11)22-18(24)6-7-21/h1-5,8-10H,6H2,(H,22,24)(H,25,26). The molecule has 2 N–H and O–H groups in total. The van der Waals surface area contributed by atoms with E-state index in [9.17, 15) is 14.7 Å². The van der Waals surface area contributed by atoms with Crippen LogP contribution in [0.4, 0.5) is 5.69 Å². The minimum absolute atomic E-state index is 0.0893. The van der Waals surface area contributed by atoms with Gasteiger partial charge < -0.3 is 10.4 Å². The summed E-state index contributed by atoms with van der Waals surface area (Å²) >= 11 is 5.96. The normalized spacial score (nSPS) is 10.3. The molecule has 0 bridgehead atoms. The van der Waals surface area contributed by atoms with E-state index in [0.29, 0.717) is 32.9 Å². The van der Waals surface area contributed by atoms with Gasteiger partial charge in [0.15, 0.2) is 0 Å². The Morgan fingerprint density at radius 3 is 2.73 bits per heavy atom. The van der Waals surface area contributed by atoms with Gasteiger partial charge in [0.2, 0.25) is 5.91 Å². The molecule has 0 aliphatic carbocycles. The van der Waals surface area contributed by atoms with Crippen LogP contribution < -0.4 is 5.32 Å². The second kappa shape index (κ2) is 7.21.